The Balaban J connectivity index is 1.85. The van der Waals surface area contributed by atoms with Crippen LogP contribution < -0.4 is 0 Å². The van der Waals surface area contributed by atoms with Crippen molar-refractivity contribution in [1.29, 1.82) is 0 Å². The summed E-state index contributed by atoms with van der Waals surface area (Å²) in [6.07, 6.45) is 18.2. The lowest BCUT2D eigenvalue weighted by molar-refractivity contribution is 0.489. The van der Waals surface area contributed by atoms with Crippen LogP contribution in [0.4, 0.5) is 0 Å². The minimum absolute atomic E-state index is 0.670. The highest BCUT2D eigenvalue weighted by Crippen LogP contribution is 2.19. The first-order chi connectivity index (χ1) is 8.83. The molecule has 0 fully saturated rings. The zero-order valence-corrected chi connectivity index (χ0v) is 12.7. The molecule has 0 aliphatic carbocycles. The van der Waals surface area contributed by atoms with Crippen molar-refractivity contribution in [3.8, 4) is 0 Å². The minimum atomic E-state index is 0.670. The first-order valence-corrected chi connectivity index (χ1v) is 8.36. The maximum Gasteiger partial charge on any atom is 0.0499 e. The quantitative estimate of drug-likeness (QED) is 0.427. The summed E-state index contributed by atoms with van der Waals surface area (Å²) in [6, 6.07) is 0.670. The Morgan fingerprint density at radius 1 is 0.944 bits per heavy atom. The monoisotopic (exact) mass is 251 g/mol. The number of unbranched alkanes of at least 4 members (excludes halogenated alkanes) is 8. The average Bonchev–Trinajstić information content (AvgIpc) is 2.37. The first-order valence-electron chi connectivity index (χ1n) is 8.36. The lowest BCUT2D eigenvalue weighted by Crippen LogP contribution is -2.13. The fourth-order valence-corrected chi connectivity index (χ4v) is 2.93. The smallest absolute Gasteiger partial charge is 0.0499 e. The van der Waals surface area contributed by atoms with Gasteiger partial charge in [0.1, 0.15) is 0 Å². The van der Waals surface area contributed by atoms with Crippen LogP contribution in [0.25, 0.3) is 0 Å². The van der Waals surface area contributed by atoms with Gasteiger partial charge in [-0.3, -0.25) is 4.99 Å². The number of nitrogens with zero attached hydrogens (tertiary/aromatic N) is 1. The van der Waals surface area contributed by atoms with Crippen LogP contribution in [-0.2, 0) is 0 Å². The van der Waals surface area contributed by atoms with Gasteiger partial charge in [0.05, 0.1) is 0 Å². The van der Waals surface area contributed by atoms with Gasteiger partial charge < -0.3 is 0 Å². The van der Waals surface area contributed by atoms with E-state index in [9.17, 15) is 0 Å². The predicted molar refractivity (Wildman–Crippen MR) is 82.6 cm³/mol. The predicted octanol–water partition coefficient (Wildman–Crippen LogP) is 5.92. The first kappa shape index (κ1) is 15.7. The summed E-state index contributed by atoms with van der Waals surface area (Å²) in [5.41, 5.74) is 1.39. The van der Waals surface area contributed by atoms with Crippen molar-refractivity contribution in [3.05, 3.63) is 0 Å². The van der Waals surface area contributed by atoms with Gasteiger partial charge in [-0.25, -0.2) is 0 Å². The lowest BCUT2D eigenvalue weighted by atomic mass is 9.98. The molecule has 0 aromatic heterocycles. The fourth-order valence-electron chi connectivity index (χ4n) is 2.93. The summed E-state index contributed by atoms with van der Waals surface area (Å²) in [4.78, 5) is 4.77. The van der Waals surface area contributed by atoms with E-state index in [1.54, 1.807) is 0 Å². The molecule has 106 valence electrons. The van der Waals surface area contributed by atoms with Crippen LogP contribution in [0.3, 0.4) is 0 Å². The number of hydrogen-bond donors (Lipinski definition) is 0. The summed E-state index contributed by atoms with van der Waals surface area (Å²) >= 11 is 0. The van der Waals surface area contributed by atoms with Gasteiger partial charge in [-0.05, 0) is 32.6 Å². The van der Waals surface area contributed by atoms with Gasteiger partial charge in [0.2, 0.25) is 0 Å². The second-order valence-electron chi connectivity index (χ2n) is 6.03. The fraction of sp³-hybridized carbons (Fsp3) is 0.941. The Labute approximate surface area is 114 Å². The van der Waals surface area contributed by atoms with Gasteiger partial charge >= 0.3 is 0 Å². The maximum absolute atomic E-state index is 4.77. The number of aliphatic imine (C=N–C) groups is 1. The molecule has 0 radical (unpaired) electrons. The molecule has 0 spiro atoms. The Kier molecular flexibility index (Phi) is 9.24. The van der Waals surface area contributed by atoms with Gasteiger partial charge in [-0.1, -0.05) is 64.7 Å². The Morgan fingerprint density at radius 3 is 2.17 bits per heavy atom. The van der Waals surface area contributed by atoms with Crippen molar-refractivity contribution in [2.45, 2.75) is 103 Å². The van der Waals surface area contributed by atoms with E-state index in [-0.39, 0.29) is 0 Å². The van der Waals surface area contributed by atoms with E-state index in [1.165, 1.54) is 89.2 Å². The average molecular weight is 251 g/mol. The molecule has 0 saturated heterocycles. The molecular weight excluding hydrogens is 218 g/mol. The van der Waals surface area contributed by atoms with Crippen LogP contribution in [0.1, 0.15) is 97.3 Å². The molecular formula is C17H33N. The molecule has 1 unspecified atom stereocenters. The summed E-state index contributed by atoms with van der Waals surface area (Å²) in [6.45, 7) is 4.48. The molecule has 1 atom stereocenters. The van der Waals surface area contributed by atoms with E-state index < -0.39 is 0 Å². The van der Waals surface area contributed by atoms with Crippen LogP contribution in [-0.4, -0.2) is 11.8 Å². The second kappa shape index (κ2) is 10.6. The summed E-state index contributed by atoms with van der Waals surface area (Å²) in [5, 5.41) is 0. The third-order valence-corrected chi connectivity index (χ3v) is 4.12. The summed E-state index contributed by atoms with van der Waals surface area (Å²) < 4.78 is 0. The largest absolute Gasteiger partial charge is 0.291 e. The molecule has 1 nitrogen and oxygen atoms in total. The Morgan fingerprint density at radius 2 is 1.56 bits per heavy atom. The normalized spacial score (nSPS) is 19.9. The van der Waals surface area contributed by atoms with E-state index in [4.69, 9.17) is 4.99 Å². The van der Waals surface area contributed by atoms with Crippen molar-refractivity contribution < 1.29 is 0 Å². The van der Waals surface area contributed by atoms with Gasteiger partial charge in [-0.15, -0.1) is 0 Å². The zero-order chi connectivity index (χ0) is 13.1. The van der Waals surface area contributed by atoms with Crippen molar-refractivity contribution in [1.82, 2.24) is 0 Å². The van der Waals surface area contributed by atoms with Crippen molar-refractivity contribution >= 4 is 5.71 Å². The third-order valence-electron chi connectivity index (χ3n) is 4.12. The summed E-state index contributed by atoms with van der Waals surface area (Å²) in [7, 11) is 0. The van der Waals surface area contributed by atoms with E-state index in [0.29, 0.717) is 6.04 Å². The molecule has 1 heterocycles. The number of hydrogen-bond acceptors (Lipinski definition) is 1. The molecule has 1 aliphatic heterocycles. The lowest BCUT2D eigenvalue weighted by Gasteiger charge is -2.18. The Hall–Kier alpha value is -0.330. The molecule has 1 aliphatic rings. The molecule has 0 amide bonds. The highest BCUT2D eigenvalue weighted by atomic mass is 14.8. The van der Waals surface area contributed by atoms with E-state index >= 15 is 0 Å². The molecule has 0 aromatic rings. The van der Waals surface area contributed by atoms with Crippen LogP contribution in [0.5, 0.6) is 0 Å². The SMILES string of the molecule is CCCCCCCCCCCC1CCCC(C)=N1. The van der Waals surface area contributed by atoms with Crippen molar-refractivity contribution in [2.75, 3.05) is 0 Å². The van der Waals surface area contributed by atoms with Gasteiger partial charge in [-0.2, -0.15) is 0 Å². The van der Waals surface area contributed by atoms with Crippen LogP contribution >= 0.6 is 0 Å². The van der Waals surface area contributed by atoms with Crippen LogP contribution in [0.15, 0.2) is 4.99 Å². The Bertz CT molecular complexity index is 220. The van der Waals surface area contributed by atoms with Gasteiger partial charge in [0.25, 0.3) is 0 Å². The second-order valence-corrected chi connectivity index (χ2v) is 6.03. The van der Waals surface area contributed by atoms with E-state index in [1.807, 2.05) is 0 Å². The standard InChI is InChI=1S/C17H33N/c1-3-4-5-6-7-8-9-10-11-14-17-15-12-13-16(2)18-17/h17H,3-15H2,1-2H3. The van der Waals surface area contributed by atoms with Crippen LogP contribution in [0.2, 0.25) is 0 Å². The molecule has 18 heavy (non-hydrogen) atoms. The molecule has 0 saturated carbocycles. The van der Waals surface area contributed by atoms with E-state index in [2.05, 4.69) is 13.8 Å². The highest BCUT2D eigenvalue weighted by Gasteiger charge is 2.11. The molecule has 0 N–H and O–H groups in total. The molecule has 0 bridgehead atoms. The molecule has 1 heteroatoms. The molecule has 0 aromatic carbocycles. The topological polar surface area (TPSA) is 12.4 Å². The number of rotatable bonds is 10. The third kappa shape index (κ3) is 7.89. The van der Waals surface area contributed by atoms with Crippen molar-refractivity contribution in [3.63, 3.8) is 0 Å². The molecule has 1 rings (SSSR count). The summed E-state index contributed by atoms with van der Waals surface area (Å²) in [5.74, 6) is 0. The van der Waals surface area contributed by atoms with Gasteiger partial charge in [0, 0.05) is 11.8 Å². The van der Waals surface area contributed by atoms with Crippen molar-refractivity contribution in [2.24, 2.45) is 4.99 Å². The van der Waals surface area contributed by atoms with Gasteiger partial charge in [0.15, 0.2) is 0 Å². The van der Waals surface area contributed by atoms with Crippen LogP contribution in [0, 0.1) is 0 Å². The maximum atomic E-state index is 4.77. The minimum Gasteiger partial charge on any atom is -0.291 e. The zero-order valence-electron chi connectivity index (χ0n) is 12.7. The highest BCUT2D eigenvalue weighted by molar-refractivity contribution is 5.82. The van der Waals surface area contributed by atoms with E-state index in [0.717, 1.165) is 0 Å².